The van der Waals surface area contributed by atoms with E-state index in [1.807, 2.05) is 43.3 Å². The summed E-state index contributed by atoms with van der Waals surface area (Å²) in [5.74, 6) is 1.71. The molecule has 0 saturated heterocycles. The smallest absolute Gasteiger partial charge is 0.255 e. The molecule has 0 atom stereocenters. The number of nitrogens with one attached hydrogen (secondary N) is 2. The molecule has 0 spiro atoms. The van der Waals surface area contributed by atoms with Gasteiger partial charge in [0.15, 0.2) is 12.6 Å². The number of ether oxygens (including phenoxy) is 2. The SMILES string of the molecule is CCNC(=NCc1cccc(OCC(N)=O)c1)NCCCOc1ccc2ccccc2c1.I. The third-order valence-electron chi connectivity index (χ3n) is 4.65. The Morgan fingerprint density at radius 2 is 1.73 bits per heavy atom. The maximum Gasteiger partial charge on any atom is 0.255 e. The molecule has 0 heterocycles. The van der Waals surface area contributed by atoms with Crippen molar-refractivity contribution in [3.63, 3.8) is 0 Å². The van der Waals surface area contributed by atoms with E-state index in [-0.39, 0.29) is 30.6 Å². The lowest BCUT2D eigenvalue weighted by Crippen LogP contribution is -2.38. The molecule has 0 radical (unpaired) electrons. The highest BCUT2D eigenvalue weighted by atomic mass is 127. The van der Waals surface area contributed by atoms with Crippen LogP contribution < -0.4 is 25.8 Å². The van der Waals surface area contributed by atoms with Crippen molar-refractivity contribution in [2.75, 3.05) is 26.3 Å². The van der Waals surface area contributed by atoms with Gasteiger partial charge in [-0.05, 0) is 53.9 Å². The van der Waals surface area contributed by atoms with Gasteiger partial charge in [0.1, 0.15) is 11.5 Å². The standard InChI is InChI=1S/C25H30N4O3.HI/c1-2-27-25(29-17-19-7-5-10-22(15-19)32-18-24(26)30)28-13-6-14-31-23-12-11-20-8-3-4-9-21(20)16-23;/h3-5,7-12,15-16H,2,6,13-14,17-18H2,1H3,(H2,26,30)(H2,27,28,29);1H. The maximum atomic E-state index is 10.9. The molecule has 0 saturated carbocycles. The number of nitrogens with zero attached hydrogens (tertiary/aromatic N) is 1. The summed E-state index contributed by atoms with van der Waals surface area (Å²) in [6.07, 6.45) is 0.841. The zero-order valence-corrected chi connectivity index (χ0v) is 21.1. The van der Waals surface area contributed by atoms with Crippen molar-refractivity contribution in [3.05, 3.63) is 72.3 Å². The van der Waals surface area contributed by atoms with Crippen LogP contribution in [-0.4, -0.2) is 38.2 Å². The van der Waals surface area contributed by atoms with Gasteiger partial charge in [-0.1, -0.05) is 42.5 Å². The highest BCUT2D eigenvalue weighted by molar-refractivity contribution is 14.0. The van der Waals surface area contributed by atoms with E-state index >= 15 is 0 Å². The number of hydrogen-bond donors (Lipinski definition) is 3. The van der Waals surface area contributed by atoms with Gasteiger partial charge in [0.05, 0.1) is 13.2 Å². The lowest BCUT2D eigenvalue weighted by Gasteiger charge is -2.12. The Labute approximate surface area is 211 Å². The van der Waals surface area contributed by atoms with Crippen LogP contribution in [0.2, 0.25) is 0 Å². The Kier molecular flexibility index (Phi) is 11.3. The van der Waals surface area contributed by atoms with Gasteiger partial charge in [0.25, 0.3) is 5.91 Å². The second-order valence-corrected chi connectivity index (χ2v) is 7.24. The van der Waals surface area contributed by atoms with Gasteiger partial charge in [0, 0.05) is 13.1 Å². The number of carbonyl (C=O) groups is 1. The first-order valence-electron chi connectivity index (χ1n) is 10.8. The van der Waals surface area contributed by atoms with Gasteiger partial charge >= 0.3 is 0 Å². The highest BCUT2D eigenvalue weighted by Crippen LogP contribution is 2.20. The van der Waals surface area contributed by atoms with Crippen molar-refractivity contribution in [3.8, 4) is 11.5 Å². The molecule has 0 aromatic heterocycles. The van der Waals surface area contributed by atoms with Crippen LogP contribution in [0.4, 0.5) is 0 Å². The van der Waals surface area contributed by atoms with Gasteiger partial charge in [-0.15, -0.1) is 24.0 Å². The summed E-state index contributed by atoms with van der Waals surface area (Å²) in [6, 6.07) is 21.9. The van der Waals surface area contributed by atoms with E-state index in [1.54, 1.807) is 6.07 Å². The summed E-state index contributed by atoms with van der Waals surface area (Å²) in [4.78, 5) is 15.5. The minimum Gasteiger partial charge on any atom is -0.494 e. The first-order chi connectivity index (χ1) is 15.6. The minimum atomic E-state index is -0.503. The molecule has 3 aromatic carbocycles. The van der Waals surface area contributed by atoms with E-state index in [0.29, 0.717) is 18.9 Å². The van der Waals surface area contributed by atoms with Crippen molar-refractivity contribution in [1.82, 2.24) is 10.6 Å². The Morgan fingerprint density at radius 1 is 0.939 bits per heavy atom. The summed E-state index contributed by atoms with van der Waals surface area (Å²) in [7, 11) is 0. The molecule has 0 aliphatic rings. The number of nitrogens with two attached hydrogens (primary N) is 1. The Morgan fingerprint density at radius 3 is 2.52 bits per heavy atom. The van der Waals surface area contributed by atoms with E-state index in [4.69, 9.17) is 15.2 Å². The van der Waals surface area contributed by atoms with Crippen LogP contribution in [0.3, 0.4) is 0 Å². The number of carbonyl (C=O) groups excluding carboxylic acids is 1. The second kappa shape index (κ2) is 14.2. The summed E-state index contributed by atoms with van der Waals surface area (Å²) in [6.45, 7) is 4.49. The number of rotatable bonds is 11. The quantitative estimate of drug-likeness (QED) is 0.143. The monoisotopic (exact) mass is 562 g/mol. The number of aliphatic imine (C=N–C) groups is 1. The van der Waals surface area contributed by atoms with Crippen LogP contribution >= 0.6 is 24.0 Å². The molecule has 4 N–H and O–H groups in total. The fraction of sp³-hybridized carbons (Fsp3) is 0.280. The Balaban J connectivity index is 0.00000385. The molecule has 0 fully saturated rings. The fourth-order valence-corrected chi connectivity index (χ4v) is 3.13. The predicted molar refractivity (Wildman–Crippen MR) is 143 cm³/mol. The molecule has 1 amide bonds. The first kappa shape index (κ1) is 26.2. The largest absolute Gasteiger partial charge is 0.494 e. The third-order valence-corrected chi connectivity index (χ3v) is 4.65. The zero-order chi connectivity index (χ0) is 22.6. The maximum absolute atomic E-state index is 10.9. The highest BCUT2D eigenvalue weighted by Gasteiger charge is 2.02. The van der Waals surface area contributed by atoms with Crippen molar-refractivity contribution in [1.29, 1.82) is 0 Å². The van der Waals surface area contributed by atoms with E-state index in [1.165, 1.54) is 10.8 Å². The van der Waals surface area contributed by atoms with E-state index in [2.05, 4.69) is 39.9 Å². The minimum absolute atomic E-state index is 0. The molecule has 33 heavy (non-hydrogen) atoms. The van der Waals surface area contributed by atoms with Gasteiger partial charge in [-0.3, -0.25) is 4.79 Å². The number of fused-ring (bicyclic) bond motifs is 1. The lowest BCUT2D eigenvalue weighted by molar-refractivity contribution is -0.119. The zero-order valence-electron chi connectivity index (χ0n) is 18.8. The summed E-state index contributed by atoms with van der Waals surface area (Å²) < 4.78 is 11.2. The Hall–Kier alpha value is -3.01. The molecule has 0 aliphatic heterocycles. The molecule has 0 aliphatic carbocycles. The van der Waals surface area contributed by atoms with E-state index in [0.717, 1.165) is 36.8 Å². The topological polar surface area (TPSA) is 98.0 Å². The number of primary amides is 1. The van der Waals surface area contributed by atoms with Gasteiger partial charge in [-0.2, -0.15) is 0 Å². The molecule has 0 unspecified atom stereocenters. The summed E-state index contributed by atoms with van der Waals surface area (Å²) in [5.41, 5.74) is 6.10. The number of hydrogen-bond acceptors (Lipinski definition) is 4. The fourth-order valence-electron chi connectivity index (χ4n) is 3.13. The lowest BCUT2D eigenvalue weighted by atomic mass is 10.1. The molecule has 7 nitrogen and oxygen atoms in total. The number of halogens is 1. The molecule has 0 bridgehead atoms. The molecule has 176 valence electrons. The van der Waals surface area contributed by atoms with Crippen LogP contribution in [-0.2, 0) is 11.3 Å². The van der Waals surface area contributed by atoms with Crippen LogP contribution in [0.1, 0.15) is 18.9 Å². The predicted octanol–water partition coefficient (Wildman–Crippen LogP) is 3.85. The summed E-state index contributed by atoms with van der Waals surface area (Å²) in [5, 5.41) is 8.95. The van der Waals surface area contributed by atoms with E-state index in [9.17, 15) is 4.79 Å². The third kappa shape index (κ3) is 9.17. The molecular formula is C25H31IN4O3. The van der Waals surface area contributed by atoms with Crippen molar-refractivity contribution < 1.29 is 14.3 Å². The van der Waals surface area contributed by atoms with Crippen molar-refractivity contribution in [2.24, 2.45) is 10.7 Å². The van der Waals surface area contributed by atoms with Gasteiger partial charge < -0.3 is 25.8 Å². The number of benzene rings is 3. The Bertz CT molecular complexity index is 1060. The molecular weight excluding hydrogens is 531 g/mol. The first-order valence-corrected chi connectivity index (χ1v) is 10.8. The average molecular weight is 562 g/mol. The van der Waals surface area contributed by atoms with Gasteiger partial charge in [0.2, 0.25) is 0 Å². The molecule has 8 heteroatoms. The van der Waals surface area contributed by atoms with Crippen LogP contribution in [0.5, 0.6) is 11.5 Å². The van der Waals surface area contributed by atoms with E-state index < -0.39 is 5.91 Å². The molecule has 3 rings (SSSR count). The number of amides is 1. The van der Waals surface area contributed by atoms with Gasteiger partial charge in [-0.25, -0.2) is 4.99 Å². The molecule has 3 aromatic rings. The average Bonchev–Trinajstić information content (AvgIpc) is 2.81. The van der Waals surface area contributed by atoms with Crippen molar-refractivity contribution >= 4 is 46.6 Å². The number of guanidine groups is 1. The van der Waals surface area contributed by atoms with Crippen LogP contribution in [0.25, 0.3) is 10.8 Å². The van der Waals surface area contributed by atoms with Crippen LogP contribution in [0, 0.1) is 0 Å². The van der Waals surface area contributed by atoms with Crippen LogP contribution in [0.15, 0.2) is 71.7 Å². The summed E-state index contributed by atoms with van der Waals surface area (Å²) >= 11 is 0. The van der Waals surface area contributed by atoms with Crippen molar-refractivity contribution in [2.45, 2.75) is 19.9 Å². The second-order valence-electron chi connectivity index (χ2n) is 7.24. The normalized spacial score (nSPS) is 10.9.